The average molecular weight is 559 g/mol. The third-order valence-electron chi connectivity index (χ3n) is 6.67. The molecule has 3 N–H and O–H groups in total. The van der Waals surface area contributed by atoms with Gasteiger partial charge in [-0.15, -0.1) is 0 Å². The molecule has 12 heteroatoms. The van der Waals surface area contributed by atoms with Crippen LogP contribution in [0.4, 0.5) is 27.0 Å². The monoisotopic (exact) mass is 558 g/mol. The molecule has 1 aliphatic rings. The number of aromatic nitrogens is 5. The Morgan fingerprint density at radius 1 is 1.05 bits per heavy atom. The maximum atomic E-state index is 12.5. The molecule has 214 valence electrons. The second kappa shape index (κ2) is 11.0. The number of nitrogens with one attached hydrogen (secondary N) is 2. The summed E-state index contributed by atoms with van der Waals surface area (Å²) in [6.07, 6.45) is 5.72. The largest absolute Gasteiger partial charge is 0.464 e. The lowest BCUT2D eigenvalue weighted by Gasteiger charge is -2.24. The fourth-order valence-electron chi connectivity index (χ4n) is 4.51. The molecular formula is C29H34N8O4. The Balaban J connectivity index is 1.23. The van der Waals surface area contributed by atoms with Gasteiger partial charge in [-0.1, -0.05) is 6.07 Å². The van der Waals surface area contributed by atoms with E-state index in [1.54, 1.807) is 33.8 Å². The molecule has 0 atom stereocenters. The molecule has 0 unspecified atom stereocenters. The lowest BCUT2D eigenvalue weighted by molar-refractivity contribution is 0.0581. The molecule has 4 heterocycles. The number of hydrogen-bond acceptors (Lipinski definition) is 9. The Bertz CT molecular complexity index is 1580. The number of anilines is 3. The van der Waals surface area contributed by atoms with Gasteiger partial charge in [0.15, 0.2) is 0 Å². The normalized spacial score (nSPS) is 13.2. The fraction of sp³-hybridized carbons (Fsp3) is 0.379. The van der Waals surface area contributed by atoms with Crippen LogP contribution in [0.2, 0.25) is 0 Å². The van der Waals surface area contributed by atoms with Crippen LogP contribution in [0.1, 0.15) is 67.6 Å². The number of nitrogens with zero attached hydrogens (tertiary/aromatic N) is 6. The number of aryl methyl sites for hydroxylation is 2. The van der Waals surface area contributed by atoms with Gasteiger partial charge in [-0.2, -0.15) is 4.90 Å². The van der Waals surface area contributed by atoms with E-state index in [9.17, 15) is 14.7 Å². The van der Waals surface area contributed by atoms with Crippen molar-refractivity contribution >= 4 is 35.3 Å². The van der Waals surface area contributed by atoms with E-state index < -0.39 is 17.8 Å². The number of imidazole rings is 1. The fourth-order valence-corrected chi connectivity index (χ4v) is 4.51. The highest BCUT2D eigenvalue weighted by atomic mass is 16.6. The zero-order valence-electron chi connectivity index (χ0n) is 23.8. The summed E-state index contributed by atoms with van der Waals surface area (Å²) in [5, 5.41) is 16.2. The predicted molar refractivity (Wildman–Crippen MR) is 154 cm³/mol. The smallest absolute Gasteiger partial charge is 0.425 e. The van der Waals surface area contributed by atoms with Crippen molar-refractivity contribution in [1.82, 2.24) is 24.3 Å². The van der Waals surface area contributed by atoms with Gasteiger partial charge in [-0.3, -0.25) is 0 Å². The second-order valence-electron chi connectivity index (χ2n) is 11.2. The van der Waals surface area contributed by atoms with Crippen LogP contribution in [-0.2, 0) is 17.8 Å². The lowest BCUT2D eigenvalue weighted by Crippen LogP contribution is -2.40. The number of amides is 2. The maximum Gasteiger partial charge on any atom is 0.425 e. The molecule has 2 amide bonds. The minimum Gasteiger partial charge on any atom is -0.464 e. The van der Waals surface area contributed by atoms with Crippen molar-refractivity contribution in [3.63, 3.8) is 0 Å². The Hall–Kier alpha value is -4.74. The number of carbonyl (C=O) groups excluding carboxylic acids is 1. The van der Waals surface area contributed by atoms with Crippen LogP contribution in [0.5, 0.6) is 0 Å². The van der Waals surface area contributed by atoms with Crippen molar-refractivity contribution in [1.29, 1.82) is 0 Å². The first-order valence-corrected chi connectivity index (χ1v) is 13.5. The van der Waals surface area contributed by atoms with Crippen molar-refractivity contribution in [2.75, 3.05) is 15.5 Å². The van der Waals surface area contributed by atoms with Gasteiger partial charge >= 0.3 is 12.2 Å². The number of ether oxygens (including phenoxy) is 1. The van der Waals surface area contributed by atoms with Gasteiger partial charge in [0.05, 0.1) is 12.2 Å². The maximum absolute atomic E-state index is 12.5. The lowest BCUT2D eigenvalue weighted by atomic mass is 10.1. The first-order valence-electron chi connectivity index (χ1n) is 13.5. The third-order valence-corrected chi connectivity index (χ3v) is 6.67. The van der Waals surface area contributed by atoms with Gasteiger partial charge in [0, 0.05) is 30.7 Å². The van der Waals surface area contributed by atoms with Crippen LogP contribution in [0.15, 0.2) is 43.0 Å². The molecule has 1 aliphatic carbocycles. The molecule has 41 heavy (non-hydrogen) atoms. The van der Waals surface area contributed by atoms with Crippen molar-refractivity contribution < 1.29 is 19.4 Å². The van der Waals surface area contributed by atoms with E-state index in [1.807, 2.05) is 19.2 Å². The number of hydrogen-bond donors (Lipinski definition) is 3. The molecular weight excluding hydrogens is 524 g/mol. The average Bonchev–Trinajstić information content (AvgIpc) is 3.65. The molecule has 0 saturated heterocycles. The summed E-state index contributed by atoms with van der Waals surface area (Å²) in [6, 6.07) is 7.58. The van der Waals surface area contributed by atoms with Gasteiger partial charge in [0.2, 0.25) is 0 Å². The van der Waals surface area contributed by atoms with Crippen LogP contribution < -0.4 is 15.5 Å². The zero-order chi connectivity index (χ0) is 29.3. The molecule has 5 rings (SSSR count). The van der Waals surface area contributed by atoms with Crippen LogP contribution in [0, 0.1) is 13.8 Å². The Morgan fingerprint density at radius 3 is 2.39 bits per heavy atom. The van der Waals surface area contributed by atoms with Gasteiger partial charge < -0.3 is 24.9 Å². The number of fused-ring (bicyclic) bond motifs is 1. The number of pyridine rings is 2. The quantitative estimate of drug-likeness (QED) is 0.248. The summed E-state index contributed by atoms with van der Waals surface area (Å²) in [4.78, 5) is 42.6. The van der Waals surface area contributed by atoms with Gasteiger partial charge in [-0.05, 0) is 82.2 Å². The van der Waals surface area contributed by atoms with Crippen LogP contribution in [-0.4, -0.2) is 47.2 Å². The molecule has 0 aromatic carbocycles. The van der Waals surface area contributed by atoms with Crippen LogP contribution in [0.25, 0.3) is 5.65 Å². The van der Waals surface area contributed by atoms with Crippen LogP contribution >= 0.6 is 0 Å². The Kier molecular flexibility index (Phi) is 7.48. The minimum absolute atomic E-state index is 0.0188. The molecule has 0 aliphatic heterocycles. The van der Waals surface area contributed by atoms with E-state index in [0.29, 0.717) is 41.2 Å². The Labute approximate surface area is 237 Å². The summed E-state index contributed by atoms with van der Waals surface area (Å²) in [7, 11) is 0. The molecule has 12 nitrogen and oxygen atoms in total. The van der Waals surface area contributed by atoms with Gasteiger partial charge in [0.25, 0.3) is 0 Å². The summed E-state index contributed by atoms with van der Waals surface area (Å²) < 4.78 is 7.32. The van der Waals surface area contributed by atoms with Gasteiger partial charge in [0.1, 0.15) is 35.0 Å². The van der Waals surface area contributed by atoms with E-state index in [0.717, 1.165) is 22.5 Å². The SMILES string of the molecule is Cc1cc(N(C(=O)O)C(=O)OC(C)(C)C)nc(C)c1CNc1cc(NCc2cn3cc(C4CC4)ccc3n2)ncn1. The number of imide groups is 1. The number of carboxylic acid groups (broad SMARTS) is 1. The first-order chi connectivity index (χ1) is 19.5. The highest BCUT2D eigenvalue weighted by molar-refractivity contribution is 6.07. The van der Waals surface area contributed by atoms with E-state index in [2.05, 4.69) is 48.3 Å². The summed E-state index contributed by atoms with van der Waals surface area (Å²) in [6.45, 7) is 9.50. The van der Waals surface area contributed by atoms with Crippen molar-refractivity contribution in [3.8, 4) is 0 Å². The first kappa shape index (κ1) is 27.8. The topological polar surface area (TPSA) is 147 Å². The molecule has 4 aromatic rings. The number of carbonyl (C=O) groups is 2. The molecule has 0 bridgehead atoms. The number of rotatable bonds is 8. The van der Waals surface area contributed by atoms with Crippen LogP contribution in [0.3, 0.4) is 0 Å². The Morgan fingerprint density at radius 2 is 1.76 bits per heavy atom. The van der Waals surface area contributed by atoms with E-state index in [-0.39, 0.29) is 5.82 Å². The van der Waals surface area contributed by atoms with Gasteiger partial charge in [-0.25, -0.2) is 29.5 Å². The van der Waals surface area contributed by atoms with Crippen molar-refractivity contribution in [2.24, 2.45) is 0 Å². The van der Waals surface area contributed by atoms with E-state index in [4.69, 9.17) is 9.72 Å². The summed E-state index contributed by atoms with van der Waals surface area (Å²) >= 11 is 0. The molecule has 4 aromatic heterocycles. The van der Waals surface area contributed by atoms with Crippen molar-refractivity contribution in [2.45, 2.75) is 72.1 Å². The predicted octanol–water partition coefficient (Wildman–Crippen LogP) is 5.66. The summed E-state index contributed by atoms with van der Waals surface area (Å²) in [5.41, 5.74) is 4.52. The molecule has 0 spiro atoms. The van der Waals surface area contributed by atoms with E-state index in [1.165, 1.54) is 24.7 Å². The highest BCUT2D eigenvalue weighted by Gasteiger charge is 2.30. The van der Waals surface area contributed by atoms with Crippen molar-refractivity contribution in [3.05, 3.63) is 71.1 Å². The second-order valence-corrected chi connectivity index (χ2v) is 11.2. The molecule has 1 fully saturated rings. The molecule has 1 saturated carbocycles. The standard InChI is InChI=1S/C29H34N8O4/c1-17-10-26(37(27(38)39)28(40)41-29(3,4)5)34-18(2)22(17)13-31-24-11-23(32-16-33-24)30-12-21-15-36-14-20(19-6-7-19)8-9-25(36)35-21/h8-11,14-16,19H,6-7,12-13H2,1-5H3,(H,38,39)(H2,30,31,32,33). The zero-order valence-corrected chi connectivity index (χ0v) is 23.8. The minimum atomic E-state index is -1.47. The third kappa shape index (κ3) is 6.71. The molecule has 0 radical (unpaired) electrons. The highest BCUT2D eigenvalue weighted by Crippen LogP contribution is 2.39. The summed E-state index contributed by atoms with van der Waals surface area (Å²) in [5.74, 6) is 1.92. The van der Waals surface area contributed by atoms with E-state index >= 15 is 0 Å².